The van der Waals surface area contributed by atoms with Crippen LogP contribution in [-0.2, 0) is 11.3 Å². The Hall–Kier alpha value is -3.76. The first kappa shape index (κ1) is 28.8. The van der Waals surface area contributed by atoms with E-state index in [0.717, 1.165) is 49.0 Å². The van der Waals surface area contributed by atoms with Gasteiger partial charge < -0.3 is 18.9 Å². The van der Waals surface area contributed by atoms with Crippen LogP contribution in [0.1, 0.15) is 90.9 Å². The van der Waals surface area contributed by atoms with Gasteiger partial charge in [0.25, 0.3) is 0 Å². The van der Waals surface area contributed by atoms with Gasteiger partial charge in [0.2, 0.25) is 11.6 Å². The minimum atomic E-state index is -4.72. The van der Waals surface area contributed by atoms with Crippen molar-refractivity contribution in [1.82, 2.24) is 15.0 Å². The van der Waals surface area contributed by atoms with Gasteiger partial charge in [-0.15, -0.1) is 18.3 Å². The Balaban J connectivity index is 1.29. The number of hydrogen-bond donors (Lipinski definition) is 0. The molecule has 0 saturated heterocycles. The summed E-state index contributed by atoms with van der Waals surface area (Å²) in [4.78, 5) is 12.6. The lowest BCUT2D eigenvalue weighted by molar-refractivity contribution is -0.275. The lowest BCUT2D eigenvalue weighted by Crippen LogP contribution is -2.26. The molecule has 0 amide bonds. The first-order chi connectivity index (χ1) is 19.7. The fourth-order valence-electron chi connectivity index (χ4n) is 5.50. The van der Waals surface area contributed by atoms with Crippen LogP contribution >= 0.6 is 0 Å². The van der Waals surface area contributed by atoms with Gasteiger partial charge in [0.1, 0.15) is 17.6 Å². The highest BCUT2D eigenvalue weighted by Gasteiger charge is 2.35. The van der Waals surface area contributed by atoms with Gasteiger partial charge in [-0.25, -0.2) is 9.48 Å². The Kier molecular flexibility index (Phi) is 8.70. The molecule has 5 rings (SSSR count). The maximum Gasteiger partial charge on any atom is 0.573 e. The van der Waals surface area contributed by atoms with E-state index in [0.29, 0.717) is 24.9 Å². The van der Waals surface area contributed by atoms with Crippen LogP contribution in [0.4, 0.5) is 13.2 Å². The van der Waals surface area contributed by atoms with Gasteiger partial charge in [-0.1, -0.05) is 35.9 Å². The number of halogens is 3. The third-order valence-electron chi connectivity index (χ3n) is 7.88. The van der Waals surface area contributed by atoms with Crippen LogP contribution in [0.15, 0.2) is 42.5 Å². The zero-order valence-electron chi connectivity index (χ0n) is 23.2. The van der Waals surface area contributed by atoms with Gasteiger partial charge >= 0.3 is 12.3 Å². The summed E-state index contributed by atoms with van der Waals surface area (Å²) in [5, 5.41) is 8.24. The van der Waals surface area contributed by atoms with E-state index in [4.69, 9.17) is 14.2 Å². The molecule has 0 atom stereocenters. The highest BCUT2D eigenvalue weighted by Crippen LogP contribution is 2.44. The molecule has 0 aliphatic heterocycles. The van der Waals surface area contributed by atoms with Crippen molar-refractivity contribution < 1.29 is 36.9 Å². The summed E-state index contributed by atoms with van der Waals surface area (Å²) in [6.07, 6.45) is 0.879. The Labute approximate surface area is 236 Å². The maximum atomic E-state index is 13.0. The molecule has 2 aliphatic carbocycles. The number of benzene rings is 2. The molecule has 8 nitrogen and oxygen atoms in total. The molecule has 0 spiro atoms. The predicted molar refractivity (Wildman–Crippen MR) is 143 cm³/mol. The van der Waals surface area contributed by atoms with Gasteiger partial charge in [-0.3, -0.25) is 0 Å². The molecule has 2 saturated carbocycles. The molecular weight excluding hydrogens is 539 g/mol. The van der Waals surface area contributed by atoms with E-state index in [1.807, 2.05) is 30.3 Å². The minimum absolute atomic E-state index is 0.0351. The van der Waals surface area contributed by atoms with Crippen molar-refractivity contribution in [3.05, 3.63) is 64.8 Å². The highest BCUT2D eigenvalue weighted by molar-refractivity contribution is 5.89. The van der Waals surface area contributed by atoms with E-state index in [1.165, 1.54) is 6.07 Å². The second kappa shape index (κ2) is 12.4. The van der Waals surface area contributed by atoms with Crippen molar-refractivity contribution in [3.8, 4) is 17.4 Å². The number of carbonyl (C=O) groups excluding carboxylic acids is 1. The van der Waals surface area contributed by atoms with Gasteiger partial charge in [0, 0.05) is 0 Å². The number of rotatable bonds is 10. The van der Waals surface area contributed by atoms with Crippen molar-refractivity contribution in [2.45, 2.75) is 82.7 Å². The van der Waals surface area contributed by atoms with Crippen molar-refractivity contribution in [2.24, 2.45) is 0 Å². The van der Waals surface area contributed by atoms with E-state index in [9.17, 15) is 18.0 Å². The quantitative estimate of drug-likeness (QED) is 0.247. The summed E-state index contributed by atoms with van der Waals surface area (Å²) in [6.45, 7) is 2.27. The first-order valence-corrected chi connectivity index (χ1v) is 14.0. The number of hydrogen-bond acceptors (Lipinski definition) is 7. The first-order valence-electron chi connectivity index (χ1n) is 14.0. The fraction of sp³-hybridized carbons (Fsp3) is 0.500. The number of esters is 1. The molecule has 0 N–H and O–H groups in total. The van der Waals surface area contributed by atoms with Crippen LogP contribution in [0.5, 0.6) is 17.4 Å². The Morgan fingerprint density at radius 3 is 2.34 bits per heavy atom. The molecule has 220 valence electrons. The minimum Gasteiger partial charge on any atom is -0.497 e. The standard InChI is InChI=1S/C30H34F3N3O5/c1-3-39-29(37)27-28(36(35-34-27)18-19-7-12-23(38-2)13-8-19)40-24-14-9-20(10-15-24)22-11-16-26(41-30(31,32)33)25(17-22)21-5-4-6-21/h7-8,11-13,16-17,20-21,24H,3-6,9-10,14-15,18H2,1-2H3. The summed E-state index contributed by atoms with van der Waals surface area (Å²) in [7, 11) is 1.60. The number of carbonyl (C=O) groups is 1. The van der Waals surface area contributed by atoms with E-state index >= 15 is 0 Å². The van der Waals surface area contributed by atoms with Crippen LogP contribution in [-0.4, -0.2) is 47.1 Å². The van der Waals surface area contributed by atoms with Crippen molar-refractivity contribution in [3.63, 3.8) is 0 Å². The fourth-order valence-corrected chi connectivity index (χ4v) is 5.50. The second-order valence-corrected chi connectivity index (χ2v) is 10.5. The van der Waals surface area contributed by atoms with Crippen LogP contribution in [0, 0.1) is 0 Å². The van der Waals surface area contributed by atoms with Crippen LogP contribution in [0.25, 0.3) is 0 Å². The predicted octanol–water partition coefficient (Wildman–Crippen LogP) is 6.78. The molecule has 2 aromatic carbocycles. The average molecular weight is 574 g/mol. The maximum absolute atomic E-state index is 13.0. The van der Waals surface area contributed by atoms with E-state index in [1.54, 1.807) is 24.8 Å². The van der Waals surface area contributed by atoms with Gasteiger partial charge in [-0.2, -0.15) is 0 Å². The van der Waals surface area contributed by atoms with Gasteiger partial charge in [0.05, 0.1) is 20.3 Å². The molecule has 2 fully saturated rings. The largest absolute Gasteiger partial charge is 0.573 e. The summed E-state index contributed by atoms with van der Waals surface area (Å²) in [6, 6.07) is 12.6. The Bertz CT molecular complexity index is 1330. The van der Waals surface area contributed by atoms with E-state index < -0.39 is 12.3 Å². The van der Waals surface area contributed by atoms with Crippen molar-refractivity contribution >= 4 is 5.97 Å². The van der Waals surface area contributed by atoms with Gasteiger partial charge in [0.15, 0.2) is 0 Å². The second-order valence-electron chi connectivity index (χ2n) is 10.5. The Morgan fingerprint density at radius 2 is 1.73 bits per heavy atom. The number of alkyl halides is 3. The molecule has 0 radical (unpaired) electrons. The monoisotopic (exact) mass is 573 g/mol. The van der Waals surface area contributed by atoms with Crippen molar-refractivity contribution in [2.75, 3.05) is 13.7 Å². The third kappa shape index (κ3) is 6.94. The molecule has 2 aliphatic rings. The number of ether oxygens (including phenoxy) is 4. The lowest BCUT2D eigenvalue weighted by atomic mass is 9.77. The number of methoxy groups -OCH3 is 1. The number of nitrogens with zero attached hydrogens (tertiary/aromatic N) is 3. The van der Waals surface area contributed by atoms with Crippen molar-refractivity contribution in [1.29, 1.82) is 0 Å². The zero-order chi connectivity index (χ0) is 29.0. The van der Waals surface area contributed by atoms with Crippen LogP contribution in [0.2, 0.25) is 0 Å². The summed E-state index contributed by atoms with van der Waals surface area (Å²) in [5.41, 5.74) is 2.64. The topological polar surface area (TPSA) is 84.7 Å². The molecule has 41 heavy (non-hydrogen) atoms. The summed E-state index contributed by atoms with van der Waals surface area (Å²) in [5.74, 6) is 0.611. The van der Waals surface area contributed by atoms with Gasteiger partial charge in [-0.05, 0) is 92.2 Å². The summed E-state index contributed by atoms with van der Waals surface area (Å²) < 4.78 is 61.6. The highest BCUT2D eigenvalue weighted by atomic mass is 19.4. The zero-order valence-corrected chi connectivity index (χ0v) is 23.2. The molecule has 1 aromatic heterocycles. The lowest BCUT2D eigenvalue weighted by Gasteiger charge is -2.32. The molecular formula is C30H34F3N3O5. The molecule has 3 aromatic rings. The van der Waals surface area contributed by atoms with Crippen LogP contribution in [0.3, 0.4) is 0 Å². The average Bonchev–Trinajstić information content (AvgIpc) is 3.31. The SMILES string of the molecule is CCOC(=O)c1nnn(Cc2ccc(OC)cc2)c1OC1CCC(c2ccc(OC(F)(F)F)c(C3CCC3)c2)CC1. The summed E-state index contributed by atoms with van der Waals surface area (Å²) >= 11 is 0. The van der Waals surface area contributed by atoms with E-state index in [2.05, 4.69) is 15.0 Å². The molecule has 0 unspecified atom stereocenters. The molecule has 1 heterocycles. The Morgan fingerprint density at radius 1 is 1.00 bits per heavy atom. The smallest absolute Gasteiger partial charge is 0.497 e. The van der Waals surface area contributed by atoms with Crippen LogP contribution < -0.4 is 14.2 Å². The number of aromatic nitrogens is 3. The molecule has 11 heteroatoms. The van der Waals surface area contributed by atoms with E-state index in [-0.39, 0.29) is 41.9 Å². The third-order valence-corrected chi connectivity index (χ3v) is 7.88. The normalized spacial score (nSPS) is 19.3. The molecule has 0 bridgehead atoms.